The van der Waals surface area contributed by atoms with E-state index in [0.717, 1.165) is 25.9 Å². The van der Waals surface area contributed by atoms with Crippen molar-refractivity contribution in [1.82, 2.24) is 14.4 Å². The minimum Gasteiger partial charge on any atom is -0.320 e. The number of hydrogen-bond acceptors (Lipinski definition) is 3. The maximum atomic E-state index is 12.4. The molecule has 1 aliphatic heterocycles. The second-order valence-electron chi connectivity index (χ2n) is 5.72. The highest BCUT2D eigenvalue weighted by Crippen LogP contribution is 2.19. The number of carbonyl (C=O) groups is 1. The number of aryl methyl sites for hydroxylation is 1. The van der Waals surface area contributed by atoms with E-state index < -0.39 is 0 Å². The largest absolute Gasteiger partial charge is 0.322 e. The first-order chi connectivity index (χ1) is 10.0. The molecule has 1 fully saturated rings. The zero-order chi connectivity index (χ0) is 15.4. The van der Waals surface area contributed by atoms with Crippen LogP contribution in [-0.2, 0) is 6.54 Å². The van der Waals surface area contributed by atoms with E-state index in [2.05, 4.69) is 10.2 Å². The van der Waals surface area contributed by atoms with Crippen molar-refractivity contribution in [3.63, 3.8) is 0 Å². The molecule has 0 radical (unpaired) electrons. The molecule has 2 rings (SSSR count). The number of nitrogens with one attached hydrogen (secondary N) is 1. The Morgan fingerprint density at radius 2 is 2.19 bits per heavy atom. The van der Waals surface area contributed by atoms with E-state index in [1.165, 1.54) is 6.07 Å². The topological polar surface area (TPSA) is 57.6 Å². The second-order valence-corrected chi connectivity index (χ2v) is 5.72. The Labute approximate surface area is 125 Å². The molecule has 0 spiro atoms. The minimum atomic E-state index is -0.0827. The van der Waals surface area contributed by atoms with Gasteiger partial charge in [-0.25, -0.2) is 4.79 Å². The number of pyridine rings is 1. The van der Waals surface area contributed by atoms with Crippen molar-refractivity contribution in [3.05, 3.63) is 28.7 Å². The number of likely N-dealkylation sites (tertiary alicyclic amines) is 1. The molecule has 2 heterocycles. The van der Waals surface area contributed by atoms with Crippen LogP contribution in [0.15, 0.2) is 23.1 Å². The van der Waals surface area contributed by atoms with Crippen LogP contribution < -0.4 is 10.9 Å². The normalized spacial score (nSPS) is 18.3. The van der Waals surface area contributed by atoms with Gasteiger partial charge in [-0.2, -0.15) is 0 Å². The third kappa shape index (κ3) is 3.85. The van der Waals surface area contributed by atoms with Crippen LogP contribution in [0.1, 0.15) is 19.8 Å². The lowest BCUT2D eigenvalue weighted by Gasteiger charge is -2.27. The van der Waals surface area contributed by atoms with Crippen LogP contribution in [0.4, 0.5) is 10.5 Å². The van der Waals surface area contributed by atoms with Gasteiger partial charge in [0.1, 0.15) is 0 Å². The van der Waals surface area contributed by atoms with Gasteiger partial charge in [0.2, 0.25) is 0 Å². The van der Waals surface area contributed by atoms with Gasteiger partial charge in [-0.15, -0.1) is 0 Å². The summed E-state index contributed by atoms with van der Waals surface area (Å²) >= 11 is 0. The van der Waals surface area contributed by atoms with E-state index in [9.17, 15) is 9.59 Å². The van der Waals surface area contributed by atoms with Gasteiger partial charge >= 0.3 is 6.03 Å². The van der Waals surface area contributed by atoms with Crippen LogP contribution in [0, 0.1) is 0 Å². The Kier molecular flexibility index (Phi) is 5.01. The van der Waals surface area contributed by atoms with Crippen molar-refractivity contribution in [3.8, 4) is 0 Å². The number of carbonyl (C=O) groups excluding carboxylic acids is 1. The summed E-state index contributed by atoms with van der Waals surface area (Å²) in [6.45, 7) is 4.16. The van der Waals surface area contributed by atoms with Gasteiger partial charge < -0.3 is 19.7 Å². The molecule has 1 atom stereocenters. The van der Waals surface area contributed by atoms with Crippen LogP contribution in [0.5, 0.6) is 0 Å². The van der Waals surface area contributed by atoms with Gasteiger partial charge in [-0.05, 0) is 39.9 Å². The highest BCUT2D eigenvalue weighted by atomic mass is 16.2. The fourth-order valence-electron chi connectivity index (χ4n) is 2.76. The zero-order valence-electron chi connectivity index (χ0n) is 13.0. The maximum absolute atomic E-state index is 12.4. The summed E-state index contributed by atoms with van der Waals surface area (Å²) in [5.41, 5.74) is 0.610. The molecule has 116 valence electrons. The van der Waals surface area contributed by atoms with E-state index in [-0.39, 0.29) is 17.6 Å². The molecular formula is C15H24N4O2. The fraction of sp³-hybridized carbons (Fsp3) is 0.600. The molecule has 0 aliphatic carbocycles. The second kappa shape index (κ2) is 6.76. The van der Waals surface area contributed by atoms with Crippen molar-refractivity contribution < 1.29 is 4.79 Å². The van der Waals surface area contributed by atoms with E-state index in [1.54, 1.807) is 16.8 Å². The predicted octanol–water partition coefficient (Wildman–Crippen LogP) is 1.43. The molecule has 1 saturated heterocycles. The number of likely N-dealkylation sites (N-methyl/N-ethyl adjacent to an activating group) is 1. The molecule has 21 heavy (non-hydrogen) atoms. The molecule has 1 aromatic heterocycles. The summed E-state index contributed by atoms with van der Waals surface area (Å²) in [7, 11) is 4.04. The number of aromatic nitrogens is 1. The zero-order valence-corrected chi connectivity index (χ0v) is 13.0. The van der Waals surface area contributed by atoms with Crippen molar-refractivity contribution in [2.75, 3.05) is 32.5 Å². The van der Waals surface area contributed by atoms with E-state index in [0.29, 0.717) is 12.2 Å². The first-order valence-electron chi connectivity index (χ1n) is 7.44. The van der Waals surface area contributed by atoms with Crippen LogP contribution in [-0.4, -0.2) is 53.6 Å². The van der Waals surface area contributed by atoms with Gasteiger partial charge in [0.15, 0.2) is 0 Å². The van der Waals surface area contributed by atoms with E-state index in [1.807, 2.05) is 25.9 Å². The van der Waals surface area contributed by atoms with Gasteiger partial charge in [-0.3, -0.25) is 4.79 Å². The first kappa shape index (κ1) is 15.6. The lowest BCUT2D eigenvalue weighted by Crippen LogP contribution is -2.43. The lowest BCUT2D eigenvalue weighted by molar-refractivity contribution is 0.193. The smallest absolute Gasteiger partial charge is 0.320 e. The van der Waals surface area contributed by atoms with Gasteiger partial charge in [0.05, 0.1) is 5.69 Å². The van der Waals surface area contributed by atoms with E-state index in [4.69, 9.17) is 0 Å². The number of amides is 2. The molecule has 0 bridgehead atoms. The van der Waals surface area contributed by atoms with Crippen LogP contribution in [0.2, 0.25) is 0 Å². The summed E-state index contributed by atoms with van der Waals surface area (Å²) in [4.78, 5) is 27.9. The molecule has 6 nitrogen and oxygen atoms in total. The monoisotopic (exact) mass is 292 g/mol. The van der Waals surface area contributed by atoms with Crippen LogP contribution in [0.3, 0.4) is 0 Å². The van der Waals surface area contributed by atoms with Crippen LogP contribution in [0.25, 0.3) is 0 Å². The molecule has 1 aromatic rings. The molecular weight excluding hydrogens is 268 g/mol. The lowest BCUT2D eigenvalue weighted by atomic mass is 10.2. The van der Waals surface area contributed by atoms with Gasteiger partial charge in [-0.1, -0.05) is 0 Å². The number of hydrogen-bond donors (Lipinski definition) is 1. The Balaban J connectivity index is 2.05. The number of nitrogens with zero attached hydrogens (tertiary/aromatic N) is 3. The first-order valence-corrected chi connectivity index (χ1v) is 7.44. The SMILES string of the molecule is CCn1cc(NC(=O)N2CCC[C@H]2CN(C)C)ccc1=O. The average molecular weight is 292 g/mol. The van der Waals surface area contributed by atoms with Crippen LogP contribution >= 0.6 is 0 Å². The Morgan fingerprint density at radius 1 is 1.43 bits per heavy atom. The third-order valence-electron chi connectivity index (χ3n) is 3.79. The quantitative estimate of drug-likeness (QED) is 0.913. The highest BCUT2D eigenvalue weighted by Gasteiger charge is 2.29. The highest BCUT2D eigenvalue weighted by molar-refractivity contribution is 5.89. The Bertz CT molecular complexity index is 553. The molecule has 1 aliphatic rings. The molecule has 1 N–H and O–H groups in total. The van der Waals surface area contributed by atoms with Crippen molar-refractivity contribution in [2.24, 2.45) is 0 Å². The molecule has 0 unspecified atom stereocenters. The summed E-state index contributed by atoms with van der Waals surface area (Å²) in [6, 6.07) is 3.32. The summed E-state index contributed by atoms with van der Waals surface area (Å²) in [5.74, 6) is 0. The number of anilines is 1. The minimum absolute atomic E-state index is 0.0536. The number of urea groups is 1. The van der Waals surface area contributed by atoms with Gasteiger partial charge in [0, 0.05) is 37.9 Å². The summed E-state index contributed by atoms with van der Waals surface area (Å²) < 4.78 is 1.58. The van der Waals surface area contributed by atoms with Crippen molar-refractivity contribution in [2.45, 2.75) is 32.4 Å². The van der Waals surface area contributed by atoms with Gasteiger partial charge in [0.25, 0.3) is 5.56 Å². The molecule has 6 heteroatoms. The third-order valence-corrected chi connectivity index (χ3v) is 3.79. The van der Waals surface area contributed by atoms with E-state index >= 15 is 0 Å². The summed E-state index contributed by atoms with van der Waals surface area (Å²) in [6.07, 6.45) is 3.78. The van der Waals surface area contributed by atoms with Crippen molar-refractivity contribution in [1.29, 1.82) is 0 Å². The van der Waals surface area contributed by atoms with Crippen molar-refractivity contribution >= 4 is 11.7 Å². The molecule has 0 aromatic carbocycles. The maximum Gasteiger partial charge on any atom is 0.322 e. The Morgan fingerprint density at radius 3 is 2.86 bits per heavy atom. The predicted molar refractivity (Wildman–Crippen MR) is 83.7 cm³/mol. The summed E-state index contributed by atoms with van der Waals surface area (Å²) in [5, 5.41) is 2.90. The number of rotatable bonds is 4. The average Bonchev–Trinajstić information content (AvgIpc) is 2.88. The molecule has 0 saturated carbocycles. The standard InChI is InChI=1S/C15H24N4O2/c1-4-18-10-12(7-8-14(18)20)16-15(21)19-9-5-6-13(19)11-17(2)3/h7-8,10,13H,4-6,9,11H2,1-3H3,(H,16,21)/t13-/m0/s1. The fourth-order valence-corrected chi connectivity index (χ4v) is 2.76. The Hall–Kier alpha value is -1.82. The molecule has 2 amide bonds.